The van der Waals surface area contributed by atoms with Gasteiger partial charge in [0.1, 0.15) is 11.8 Å². The zero-order valence-electron chi connectivity index (χ0n) is 18.3. The molecule has 1 heterocycles. The van der Waals surface area contributed by atoms with Crippen LogP contribution in [0.15, 0.2) is 83.3 Å². The van der Waals surface area contributed by atoms with Crippen LogP contribution >= 0.6 is 15.9 Å². The first-order chi connectivity index (χ1) is 16.4. The molecule has 1 aliphatic rings. The molecule has 0 bridgehead atoms. The van der Waals surface area contributed by atoms with E-state index in [1.807, 2.05) is 18.2 Å². The van der Waals surface area contributed by atoms with Crippen LogP contribution in [0.3, 0.4) is 0 Å². The zero-order valence-corrected chi connectivity index (χ0v) is 19.9. The second-order valence-electron chi connectivity index (χ2n) is 7.60. The molecule has 1 aliphatic heterocycles. The molecule has 0 aromatic heterocycles. The van der Waals surface area contributed by atoms with Gasteiger partial charge in [-0.1, -0.05) is 46.3 Å². The minimum absolute atomic E-state index is 0.200. The number of methoxy groups -OCH3 is 1. The van der Waals surface area contributed by atoms with Crippen LogP contribution in [0.4, 0.5) is 17.1 Å². The topological polar surface area (TPSA) is 87.7 Å². The highest BCUT2D eigenvalue weighted by molar-refractivity contribution is 9.10. The summed E-state index contributed by atoms with van der Waals surface area (Å²) in [6.07, 6.45) is 2.86. The van der Waals surface area contributed by atoms with Crippen LogP contribution in [0, 0.1) is 0 Å². The number of benzene rings is 3. The Bertz CT molecular complexity index is 1260. The molecule has 0 aliphatic carbocycles. The van der Waals surface area contributed by atoms with Gasteiger partial charge in [0.25, 0.3) is 5.91 Å². The van der Waals surface area contributed by atoms with E-state index in [9.17, 15) is 14.4 Å². The van der Waals surface area contributed by atoms with Crippen LogP contribution in [-0.4, -0.2) is 30.9 Å². The first-order valence-electron chi connectivity index (χ1n) is 10.6. The summed E-state index contributed by atoms with van der Waals surface area (Å²) in [6, 6.07) is 20.4. The number of para-hydroxylation sites is 2. The van der Waals surface area contributed by atoms with Gasteiger partial charge in [-0.15, -0.1) is 0 Å². The molecule has 1 unspecified atom stereocenters. The Morgan fingerprint density at radius 1 is 1.09 bits per heavy atom. The zero-order chi connectivity index (χ0) is 24.1. The second-order valence-corrected chi connectivity index (χ2v) is 8.52. The van der Waals surface area contributed by atoms with Crippen molar-refractivity contribution in [2.75, 3.05) is 22.6 Å². The molecule has 1 atom stereocenters. The number of hydrogen-bond acceptors (Lipinski definition) is 4. The van der Waals surface area contributed by atoms with Crippen LogP contribution in [-0.2, 0) is 14.4 Å². The van der Waals surface area contributed by atoms with Crippen LogP contribution < -0.4 is 20.3 Å². The second kappa shape index (κ2) is 10.4. The summed E-state index contributed by atoms with van der Waals surface area (Å²) in [6.45, 7) is 0. The van der Waals surface area contributed by atoms with Gasteiger partial charge in [-0.25, -0.2) is 0 Å². The maximum atomic E-state index is 13.3. The third kappa shape index (κ3) is 5.35. The fourth-order valence-electron chi connectivity index (χ4n) is 3.66. The minimum atomic E-state index is -1.00. The number of carbonyl (C=O) groups is 3. The lowest BCUT2D eigenvalue weighted by Gasteiger charge is -2.35. The standard InChI is InChI=1S/C26H22BrN3O4/c1-34-20-12-9-17(10-13-20)11-14-25(32)30-22-8-3-2-7-21(22)29-26(33)23(30)16-24(31)28-19-6-4-5-18(27)15-19/h2-15,23H,16H2,1H3,(H,28,31)(H,29,33). The first kappa shape index (κ1) is 23.3. The fourth-order valence-corrected chi connectivity index (χ4v) is 4.06. The predicted molar refractivity (Wildman–Crippen MR) is 136 cm³/mol. The van der Waals surface area contributed by atoms with Crippen molar-refractivity contribution >= 4 is 56.8 Å². The SMILES string of the molecule is COc1ccc(C=CC(=O)N2c3ccccc3NC(=O)C2CC(=O)Nc2cccc(Br)c2)cc1. The number of amides is 3. The summed E-state index contributed by atoms with van der Waals surface area (Å²) in [5.74, 6) is -0.496. The molecule has 0 radical (unpaired) electrons. The number of anilines is 3. The molecule has 2 N–H and O–H groups in total. The summed E-state index contributed by atoms with van der Waals surface area (Å²) < 4.78 is 5.97. The molecule has 0 spiro atoms. The molecule has 3 aromatic carbocycles. The number of carbonyl (C=O) groups excluding carboxylic acids is 3. The molecule has 7 nitrogen and oxygen atoms in total. The lowest BCUT2D eigenvalue weighted by Crippen LogP contribution is -2.52. The highest BCUT2D eigenvalue weighted by Gasteiger charge is 2.37. The molecular formula is C26H22BrN3O4. The third-order valence-electron chi connectivity index (χ3n) is 5.29. The van der Waals surface area contributed by atoms with E-state index in [2.05, 4.69) is 26.6 Å². The average Bonchev–Trinajstić information content (AvgIpc) is 2.83. The number of nitrogens with one attached hydrogen (secondary N) is 2. The lowest BCUT2D eigenvalue weighted by molar-refractivity contribution is -0.124. The number of ether oxygens (including phenoxy) is 1. The summed E-state index contributed by atoms with van der Waals surface area (Å²) in [5, 5.41) is 5.59. The van der Waals surface area contributed by atoms with E-state index in [1.165, 1.54) is 11.0 Å². The van der Waals surface area contributed by atoms with E-state index >= 15 is 0 Å². The van der Waals surface area contributed by atoms with E-state index in [-0.39, 0.29) is 12.3 Å². The Morgan fingerprint density at radius 3 is 2.59 bits per heavy atom. The van der Waals surface area contributed by atoms with Crippen LogP contribution in [0.1, 0.15) is 12.0 Å². The van der Waals surface area contributed by atoms with Crippen LogP contribution in [0.5, 0.6) is 5.75 Å². The van der Waals surface area contributed by atoms with Gasteiger partial charge in [-0.2, -0.15) is 0 Å². The smallest absolute Gasteiger partial charge is 0.251 e. The molecule has 3 amide bonds. The van der Waals surface area contributed by atoms with Gasteiger partial charge in [0.05, 0.1) is 24.9 Å². The van der Waals surface area contributed by atoms with Gasteiger partial charge in [0.2, 0.25) is 11.8 Å². The molecule has 0 saturated heterocycles. The van der Waals surface area contributed by atoms with Crippen LogP contribution in [0.2, 0.25) is 0 Å². The normalized spacial score (nSPS) is 14.9. The third-order valence-corrected chi connectivity index (χ3v) is 5.79. The molecule has 8 heteroatoms. The van der Waals surface area contributed by atoms with Crippen molar-refractivity contribution in [2.24, 2.45) is 0 Å². The number of rotatable bonds is 6. The number of halogens is 1. The molecule has 0 fully saturated rings. The van der Waals surface area contributed by atoms with Crippen LogP contribution in [0.25, 0.3) is 6.08 Å². The molecule has 0 saturated carbocycles. The Kier molecular flexibility index (Phi) is 7.08. The van der Waals surface area contributed by atoms with E-state index in [4.69, 9.17) is 4.74 Å². The molecule has 3 aromatic rings. The van der Waals surface area contributed by atoms with E-state index < -0.39 is 17.9 Å². The van der Waals surface area contributed by atoms with Gasteiger partial charge in [0.15, 0.2) is 0 Å². The van der Waals surface area contributed by atoms with Gasteiger partial charge >= 0.3 is 0 Å². The Morgan fingerprint density at radius 2 is 1.85 bits per heavy atom. The van der Waals surface area contributed by atoms with Crippen molar-refractivity contribution in [1.82, 2.24) is 0 Å². The van der Waals surface area contributed by atoms with Crippen molar-refractivity contribution in [3.8, 4) is 5.75 Å². The molecule has 34 heavy (non-hydrogen) atoms. The van der Waals surface area contributed by atoms with Crippen molar-refractivity contribution in [1.29, 1.82) is 0 Å². The quantitative estimate of drug-likeness (QED) is 0.455. The van der Waals surface area contributed by atoms with Gasteiger partial charge in [0, 0.05) is 16.2 Å². The minimum Gasteiger partial charge on any atom is -0.497 e. The maximum absolute atomic E-state index is 13.3. The van der Waals surface area contributed by atoms with Crippen molar-refractivity contribution in [3.63, 3.8) is 0 Å². The Labute approximate surface area is 205 Å². The van der Waals surface area contributed by atoms with Gasteiger partial charge in [-0.3, -0.25) is 19.3 Å². The largest absolute Gasteiger partial charge is 0.497 e. The lowest BCUT2D eigenvalue weighted by atomic mass is 10.0. The molecule has 172 valence electrons. The predicted octanol–water partition coefficient (Wildman–Crippen LogP) is 4.85. The van der Waals surface area contributed by atoms with Gasteiger partial charge in [-0.05, 0) is 54.1 Å². The fraction of sp³-hybridized carbons (Fsp3) is 0.115. The van der Waals surface area contributed by atoms with E-state index in [0.29, 0.717) is 22.8 Å². The maximum Gasteiger partial charge on any atom is 0.251 e. The summed E-state index contributed by atoms with van der Waals surface area (Å²) in [7, 11) is 1.58. The number of fused-ring (bicyclic) bond motifs is 1. The Balaban J connectivity index is 1.58. The number of hydrogen-bond donors (Lipinski definition) is 2. The number of nitrogens with zero attached hydrogens (tertiary/aromatic N) is 1. The van der Waals surface area contributed by atoms with E-state index in [0.717, 1.165) is 10.0 Å². The highest BCUT2D eigenvalue weighted by atomic mass is 79.9. The summed E-state index contributed by atoms with van der Waals surface area (Å²) in [5.41, 5.74) is 2.44. The monoisotopic (exact) mass is 519 g/mol. The van der Waals surface area contributed by atoms with Gasteiger partial charge < -0.3 is 15.4 Å². The molecule has 4 rings (SSSR count). The Hall–Kier alpha value is -3.91. The van der Waals surface area contributed by atoms with E-state index in [1.54, 1.807) is 67.8 Å². The summed E-state index contributed by atoms with van der Waals surface area (Å²) in [4.78, 5) is 40.4. The summed E-state index contributed by atoms with van der Waals surface area (Å²) >= 11 is 3.37. The van der Waals surface area contributed by atoms with Crippen molar-refractivity contribution in [2.45, 2.75) is 12.5 Å². The van der Waals surface area contributed by atoms with Crippen molar-refractivity contribution < 1.29 is 19.1 Å². The first-order valence-corrected chi connectivity index (χ1v) is 11.3. The molecular weight excluding hydrogens is 498 g/mol. The highest BCUT2D eigenvalue weighted by Crippen LogP contribution is 2.33. The van der Waals surface area contributed by atoms with Crippen molar-refractivity contribution in [3.05, 3.63) is 88.9 Å². The average molecular weight is 520 g/mol.